The minimum Gasteiger partial charge on any atom is -0.384 e. The molecular weight excluding hydrogens is 236 g/mol. The van der Waals surface area contributed by atoms with E-state index in [2.05, 4.69) is 0 Å². The maximum absolute atomic E-state index is 14.0. The molecule has 0 aromatic heterocycles. The molecule has 100 valence electrons. The molecule has 0 aliphatic rings. The number of hydrogen-bond donors (Lipinski definition) is 2. The molecule has 0 amide bonds. The van der Waals surface area contributed by atoms with Crippen LogP contribution in [0, 0.1) is 17.0 Å². The summed E-state index contributed by atoms with van der Waals surface area (Å²) in [4.78, 5) is 1.57. The Morgan fingerprint density at radius 2 is 1.78 bits per heavy atom. The third-order valence-electron chi connectivity index (χ3n) is 3.44. The van der Waals surface area contributed by atoms with Gasteiger partial charge in [0.15, 0.2) is 0 Å². The zero-order chi connectivity index (χ0) is 14.1. The lowest BCUT2D eigenvalue weighted by Crippen LogP contribution is -2.41. The lowest BCUT2D eigenvalue weighted by atomic mass is 9.98. The van der Waals surface area contributed by atoms with Crippen molar-refractivity contribution in [3.05, 3.63) is 29.3 Å². The highest BCUT2D eigenvalue weighted by molar-refractivity contribution is 5.95. The van der Waals surface area contributed by atoms with E-state index >= 15 is 0 Å². The largest absolute Gasteiger partial charge is 0.384 e. The Hall–Kier alpha value is -1.65. The van der Waals surface area contributed by atoms with Crippen molar-refractivity contribution in [2.75, 3.05) is 11.9 Å². The van der Waals surface area contributed by atoms with Gasteiger partial charge in [0.2, 0.25) is 0 Å². The van der Waals surface area contributed by atoms with Gasteiger partial charge in [-0.05, 0) is 32.4 Å². The van der Waals surface area contributed by atoms with E-state index in [1.54, 1.807) is 11.9 Å². The lowest BCUT2D eigenvalue weighted by Gasteiger charge is -2.37. The molecule has 1 rings (SSSR count). The van der Waals surface area contributed by atoms with Gasteiger partial charge in [0, 0.05) is 18.2 Å². The molecule has 0 aliphatic heterocycles. The normalized spacial score (nSPS) is 11.4. The van der Waals surface area contributed by atoms with Crippen LogP contribution in [0.3, 0.4) is 0 Å². The maximum atomic E-state index is 14.0. The first kappa shape index (κ1) is 14.4. The zero-order valence-electron chi connectivity index (χ0n) is 11.1. The highest BCUT2D eigenvalue weighted by Crippen LogP contribution is 2.30. The zero-order valence-corrected chi connectivity index (χ0v) is 11.1. The third-order valence-corrected chi connectivity index (χ3v) is 3.44. The molecule has 0 unspecified atom stereocenters. The first-order valence-corrected chi connectivity index (χ1v) is 5.78. The Bertz CT molecular complexity index is 446. The summed E-state index contributed by atoms with van der Waals surface area (Å²) in [6, 6.07) is 2.17. The van der Waals surface area contributed by atoms with Gasteiger partial charge in [0.05, 0.1) is 0 Å². The van der Waals surface area contributed by atoms with Crippen molar-refractivity contribution < 1.29 is 8.78 Å². The maximum Gasteiger partial charge on any atom is 0.150 e. The van der Waals surface area contributed by atoms with E-state index in [-0.39, 0.29) is 22.6 Å². The molecule has 0 fully saturated rings. The third kappa shape index (κ3) is 2.60. The van der Waals surface area contributed by atoms with Crippen molar-refractivity contribution in [3.8, 4) is 0 Å². The number of nitrogens with zero attached hydrogens (tertiary/aromatic N) is 1. The van der Waals surface area contributed by atoms with Crippen LogP contribution in [0.25, 0.3) is 0 Å². The number of hydrogen-bond acceptors (Lipinski definition) is 2. The van der Waals surface area contributed by atoms with E-state index < -0.39 is 11.6 Å². The number of halogens is 2. The van der Waals surface area contributed by atoms with Crippen LogP contribution in [-0.2, 0) is 0 Å². The smallest absolute Gasteiger partial charge is 0.150 e. The van der Waals surface area contributed by atoms with Gasteiger partial charge in [0.1, 0.15) is 23.2 Å². The van der Waals surface area contributed by atoms with Gasteiger partial charge < -0.3 is 10.6 Å². The Morgan fingerprint density at radius 1 is 1.33 bits per heavy atom. The van der Waals surface area contributed by atoms with Crippen LogP contribution in [0.5, 0.6) is 0 Å². The van der Waals surface area contributed by atoms with Gasteiger partial charge in [-0.3, -0.25) is 5.41 Å². The second kappa shape index (κ2) is 4.92. The summed E-state index contributed by atoms with van der Waals surface area (Å²) in [6.07, 6.45) is 0.747. The fourth-order valence-corrected chi connectivity index (χ4v) is 1.58. The van der Waals surface area contributed by atoms with Crippen LogP contribution in [0.1, 0.15) is 32.8 Å². The van der Waals surface area contributed by atoms with Gasteiger partial charge in [-0.15, -0.1) is 0 Å². The van der Waals surface area contributed by atoms with E-state index in [0.29, 0.717) is 0 Å². The predicted octanol–water partition coefficient (Wildman–Crippen LogP) is 2.87. The number of nitrogens with two attached hydrogens (primary N) is 1. The number of rotatable bonds is 4. The van der Waals surface area contributed by atoms with E-state index in [1.165, 1.54) is 0 Å². The van der Waals surface area contributed by atoms with Gasteiger partial charge >= 0.3 is 0 Å². The number of amidine groups is 1. The highest BCUT2D eigenvalue weighted by Gasteiger charge is 2.26. The molecule has 0 atom stereocenters. The molecule has 0 bridgehead atoms. The summed E-state index contributed by atoms with van der Waals surface area (Å²) < 4.78 is 27.9. The van der Waals surface area contributed by atoms with Crippen molar-refractivity contribution in [1.29, 1.82) is 5.41 Å². The van der Waals surface area contributed by atoms with E-state index in [1.807, 2.05) is 20.8 Å². The van der Waals surface area contributed by atoms with Gasteiger partial charge in [-0.2, -0.15) is 0 Å². The summed E-state index contributed by atoms with van der Waals surface area (Å²) in [5.41, 5.74) is 4.83. The van der Waals surface area contributed by atoms with Crippen LogP contribution in [-0.4, -0.2) is 18.4 Å². The number of nitrogens with one attached hydrogen (secondary N) is 1. The fourth-order valence-electron chi connectivity index (χ4n) is 1.58. The molecule has 0 saturated heterocycles. The number of benzene rings is 1. The average Bonchev–Trinajstić information content (AvgIpc) is 2.27. The quantitative estimate of drug-likeness (QED) is 0.642. The Kier molecular flexibility index (Phi) is 3.94. The highest BCUT2D eigenvalue weighted by atomic mass is 19.1. The molecule has 5 heteroatoms. The molecule has 1 aromatic rings. The summed E-state index contributed by atoms with van der Waals surface area (Å²) in [5, 5.41) is 7.20. The topological polar surface area (TPSA) is 53.1 Å². The van der Waals surface area contributed by atoms with Crippen LogP contribution < -0.4 is 10.6 Å². The molecule has 0 radical (unpaired) electrons. The molecule has 18 heavy (non-hydrogen) atoms. The standard InChI is InChI=1S/C13H19F2N3/c1-5-13(2,3)18(4)11-9(14)6-8(12(16)17)7-10(11)15/h6-7H,5H2,1-4H3,(H3,16,17). The summed E-state index contributed by atoms with van der Waals surface area (Å²) in [7, 11) is 1.65. The van der Waals surface area contributed by atoms with Crippen LogP contribution in [0.15, 0.2) is 12.1 Å². The molecular formula is C13H19F2N3. The lowest BCUT2D eigenvalue weighted by molar-refractivity contribution is 0.452. The fraction of sp³-hybridized carbons (Fsp3) is 0.462. The van der Waals surface area contributed by atoms with Crippen molar-refractivity contribution in [3.63, 3.8) is 0 Å². The molecule has 1 aromatic carbocycles. The van der Waals surface area contributed by atoms with E-state index in [0.717, 1.165) is 18.6 Å². The SMILES string of the molecule is CCC(C)(C)N(C)c1c(F)cc(C(=N)N)cc1F. The average molecular weight is 255 g/mol. The monoisotopic (exact) mass is 255 g/mol. The summed E-state index contributed by atoms with van der Waals surface area (Å²) >= 11 is 0. The second-order valence-corrected chi connectivity index (χ2v) is 4.93. The summed E-state index contributed by atoms with van der Waals surface area (Å²) in [5.74, 6) is -1.76. The Morgan fingerprint density at radius 3 is 2.11 bits per heavy atom. The first-order valence-electron chi connectivity index (χ1n) is 5.78. The molecule has 0 heterocycles. The molecule has 0 spiro atoms. The van der Waals surface area contributed by atoms with Crippen molar-refractivity contribution in [1.82, 2.24) is 0 Å². The summed E-state index contributed by atoms with van der Waals surface area (Å²) in [6.45, 7) is 5.77. The van der Waals surface area contributed by atoms with Crippen molar-refractivity contribution >= 4 is 11.5 Å². The van der Waals surface area contributed by atoms with E-state index in [4.69, 9.17) is 11.1 Å². The minimum atomic E-state index is -0.704. The van der Waals surface area contributed by atoms with Gasteiger partial charge in [-0.1, -0.05) is 6.92 Å². The van der Waals surface area contributed by atoms with Crippen LogP contribution in [0.4, 0.5) is 14.5 Å². The molecule has 0 aliphatic carbocycles. The first-order chi connectivity index (χ1) is 8.20. The molecule has 3 N–H and O–H groups in total. The predicted molar refractivity (Wildman–Crippen MR) is 70.1 cm³/mol. The molecule has 0 saturated carbocycles. The Labute approximate surface area is 106 Å². The minimum absolute atomic E-state index is 0.0523. The Balaban J connectivity index is 3.31. The van der Waals surface area contributed by atoms with Crippen molar-refractivity contribution in [2.24, 2.45) is 5.73 Å². The number of nitrogen functional groups attached to an aromatic ring is 1. The van der Waals surface area contributed by atoms with Crippen molar-refractivity contribution in [2.45, 2.75) is 32.7 Å². The second-order valence-electron chi connectivity index (χ2n) is 4.93. The van der Waals surface area contributed by atoms with Crippen LogP contribution >= 0.6 is 0 Å². The van der Waals surface area contributed by atoms with Gasteiger partial charge in [-0.25, -0.2) is 8.78 Å². The van der Waals surface area contributed by atoms with Gasteiger partial charge in [0.25, 0.3) is 0 Å². The molecule has 3 nitrogen and oxygen atoms in total. The number of anilines is 1. The van der Waals surface area contributed by atoms with E-state index in [9.17, 15) is 8.78 Å². The van der Waals surface area contributed by atoms with Crippen LogP contribution in [0.2, 0.25) is 0 Å².